The first-order valence-electron chi connectivity index (χ1n) is 9.69. The molecule has 31 heavy (non-hydrogen) atoms. The first-order valence-corrected chi connectivity index (χ1v) is 9.69. The van der Waals surface area contributed by atoms with E-state index in [1.54, 1.807) is 31.6 Å². The van der Waals surface area contributed by atoms with Gasteiger partial charge >= 0.3 is 0 Å². The van der Waals surface area contributed by atoms with Crippen LogP contribution in [-0.4, -0.2) is 39.4 Å². The maximum absolute atomic E-state index is 12.1. The molecular weight excluding hydrogens is 390 g/mol. The van der Waals surface area contributed by atoms with Gasteiger partial charge < -0.3 is 10.6 Å². The van der Waals surface area contributed by atoms with E-state index in [2.05, 4.69) is 36.6 Å². The molecule has 0 aliphatic heterocycles. The summed E-state index contributed by atoms with van der Waals surface area (Å²) in [6, 6.07) is 13.2. The molecule has 2 N–H and O–H groups in total. The number of pyridine rings is 2. The second kappa shape index (κ2) is 8.97. The highest BCUT2D eigenvalue weighted by atomic mass is 16.1. The van der Waals surface area contributed by atoms with Gasteiger partial charge in [-0.2, -0.15) is 5.26 Å². The molecule has 0 aliphatic carbocycles. The quantitative estimate of drug-likeness (QED) is 0.503. The number of nitrogens with zero attached hydrogens (tertiary/aromatic N) is 5. The second-order valence-electron chi connectivity index (χ2n) is 6.79. The van der Waals surface area contributed by atoms with Crippen molar-refractivity contribution < 1.29 is 4.79 Å². The molecule has 8 nitrogen and oxygen atoms in total. The number of amides is 1. The number of nitrogens with one attached hydrogen (secondary N) is 2. The largest absolute Gasteiger partial charge is 0.370 e. The van der Waals surface area contributed by atoms with Crippen LogP contribution >= 0.6 is 0 Å². The van der Waals surface area contributed by atoms with E-state index in [0.717, 1.165) is 22.0 Å². The van der Waals surface area contributed by atoms with E-state index >= 15 is 0 Å². The average Bonchev–Trinajstić information content (AvgIpc) is 2.83. The molecule has 0 atom stereocenters. The van der Waals surface area contributed by atoms with E-state index in [9.17, 15) is 4.79 Å². The van der Waals surface area contributed by atoms with Gasteiger partial charge in [0.25, 0.3) is 5.91 Å². The Morgan fingerprint density at radius 1 is 1.13 bits per heavy atom. The Morgan fingerprint density at radius 2 is 2.03 bits per heavy atom. The van der Waals surface area contributed by atoms with Crippen molar-refractivity contribution in [2.75, 3.05) is 18.9 Å². The van der Waals surface area contributed by atoms with Gasteiger partial charge in [-0.3, -0.25) is 14.8 Å². The van der Waals surface area contributed by atoms with Gasteiger partial charge in [-0.15, -0.1) is 0 Å². The fourth-order valence-electron chi connectivity index (χ4n) is 3.35. The molecule has 3 heterocycles. The fourth-order valence-corrected chi connectivity index (χ4v) is 3.35. The monoisotopic (exact) mass is 409 g/mol. The zero-order valence-electron chi connectivity index (χ0n) is 16.8. The summed E-state index contributed by atoms with van der Waals surface area (Å²) in [5, 5.41) is 15.9. The van der Waals surface area contributed by atoms with Crippen molar-refractivity contribution in [1.82, 2.24) is 25.3 Å². The minimum atomic E-state index is -0.133. The van der Waals surface area contributed by atoms with Gasteiger partial charge in [-0.05, 0) is 24.1 Å². The normalized spacial score (nSPS) is 10.5. The SMILES string of the molecule is CNC(=O)c1ccnc2c(CCNc3cc(-c4cncc(C#N)c4)ncn3)cccc12. The van der Waals surface area contributed by atoms with Gasteiger partial charge in [0.05, 0.1) is 22.3 Å². The number of fused-ring (bicyclic) bond motifs is 1. The lowest BCUT2D eigenvalue weighted by atomic mass is 10.0. The zero-order chi connectivity index (χ0) is 21.6. The van der Waals surface area contributed by atoms with E-state index in [0.29, 0.717) is 35.6 Å². The van der Waals surface area contributed by atoms with Crippen LogP contribution < -0.4 is 10.6 Å². The van der Waals surface area contributed by atoms with Gasteiger partial charge in [0.15, 0.2) is 0 Å². The van der Waals surface area contributed by atoms with Crippen LogP contribution in [0.3, 0.4) is 0 Å². The van der Waals surface area contributed by atoms with Gasteiger partial charge in [0, 0.05) is 49.2 Å². The Morgan fingerprint density at radius 3 is 2.87 bits per heavy atom. The van der Waals surface area contributed by atoms with E-state index < -0.39 is 0 Å². The molecule has 0 saturated heterocycles. The first-order chi connectivity index (χ1) is 15.2. The summed E-state index contributed by atoms with van der Waals surface area (Å²) in [4.78, 5) is 29.3. The third-order valence-electron chi connectivity index (χ3n) is 4.86. The maximum Gasteiger partial charge on any atom is 0.251 e. The van der Waals surface area contributed by atoms with Crippen molar-refractivity contribution in [1.29, 1.82) is 5.26 Å². The molecule has 0 unspecified atom stereocenters. The third kappa shape index (κ3) is 4.31. The van der Waals surface area contributed by atoms with Gasteiger partial charge in [-0.25, -0.2) is 9.97 Å². The standard InChI is InChI=1S/C23H19N7O/c1-25-23(31)19-6-8-28-22-16(3-2-4-18(19)22)5-7-27-21-10-20(29-14-30-21)17-9-15(11-24)12-26-13-17/h2-4,6,8-10,12-14H,5,7H2,1H3,(H,25,31)(H,27,29,30). The Kier molecular flexibility index (Phi) is 5.76. The van der Waals surface area contributed by atoms with Crippen molar-refractivity contribution >= 4 is 22.6 Å². The Bertz CT molecular complexity index is 1300. The number of hydrogen-bond acceptors (Lipinski definition) is 7. The van der Waals surface area contributed by atoms with Crippen LogP contribution in [0.2, 0.25) is 0 Å². The molecule has 8 heteroatoms. The summed E-state index contributed by atoms with van der Waals surface area (Å²) < 4.78 is 0. The van der Waals surface area contributed by atoms with E-state index in [1.807, 2.05) is 24.3 Å². The Labute approximate surface area is 179 Å². The summed E-state index contributed by atoms with van der Waals surface area (Å²) in [5.41, 5.74) is 4.37. The lowest BCUT2D eigenvalue weighted by Gasteiger charge is -2.10. The number of nitriles is 1. The molecule has 1 aromatic carbocycles. The van der Waals surface area contributed by atoms with Crippen LogP contribution in [0.25, 0.3) is 22.2 Å². The molecule has 1 amide bonds. The lowest BCUT2D eigenvalue weighted by molar-refractivity contribution is 0.0964. The summed E-state index contributed by atoms with van der Waals surface area (Å²) in [5.74, 6) is 0.540. The Hall–Kier alpha value is -4.38. The van der Waals surface area contributed by atoms with Gasteiger partial charge in [-0.1, -0.05) is 18.2 Å². The van der Waals surface area contributed by atoms with Crippen LogP contribution in [0.15, 0.2) is 61.3 Å². The van der Waals surface area contributed by atoms with Crippen molar-refractivity contribution in [3.05, 3.63) is 78.0 Å². The molecule has 4 aromatic rings. The molecule has 0 aliphatic rings. The molecule has 0 bridgehead atoms. The Balaban J connectivity index is 1.51. The highest BCUT2D eigenvalue weighted by Crippen LogP contribution is 2.22. The minimum Gasteiger partial charge on any atom is -0.370 e. The number of para-hydroxylation sites is 1. The summed E-state index contributed by atoms with van der Waals surface area (Å²) >= 11 is 0. The highest BCUT2D eigenvalue weighted by Gasteiger charge is 2.11. The molecule has 0 fully saturated rings. The van der Waals surface area contributed by atoms with Crippen LogP contribution in [0.5, 0.6) is 0 Å². The molecular formula is C23H19N7O. The summed E-state index contributed by atoms with van der Waals surface area (Å²) in [6.45, 7) is 0.623. The fraction of sp³-hybridized carbons (Fsp3) is 0.130. The number of carbonyl (C=O) groups excluding carboxylic acids is 1. The maximum atomic E-state index is 12.1. The van der Waals surface area contributed by atoms with Gasteiger partial charge in [0.1, 0.15) is 18.2 Å². The number of rotatable bonds is 6. The number of aromatic nitrogens is 4. The van der Waals surface area contributed by atoms with Crippen LogP contribution in [0.1, 0.15) is 21.5 Å². The molecule has 152 valence electrons. The lowest BCUT2D eigenvalue weighted by Crippen LogP contribution is -2.18. The van der Waals surface area contributed by atoms with Crippen LogP contribution in [0.4, 0.5) is 5.82 Å². The summed E-state index contributed by atoms with van der Waals surface area (Å²) in [7, 11) is 1.62. The predicted octanol–water partition coefficient (Wildman–Crippen LogP) is 2.97. The predicted molar refractivity (Wildman–Crippen MR) is 117 cm³/mol. The highest BCUT2D eigenvalue weighted by molar-refractivity contribution is 6.06. The van der Waals surface area contributed by atoms with Crippen molar-refractivity contribution in [3.8, 4) is 17.3 Å². The molecule has 0 saturated carbocycles. The topological polar surface area (TPSA) is 116 Å². The van der Waals surface area contributed by atoms with Crippen molar-refractivity contribution in [3.63, 3.8) is 0 Å². The average molecular weight is 409 g/mol. The molecule has 0 radical (unpaired) electrons. The van der Waals surface area contributed by atoms with E-state index in [1.165, 1.54) is 12.5 Å². The number of anilines is 1. The summed E-state index contributed by atoms with van der Waals surface area (Å²) in [6.07, 6.45) is 7.01. The smallest absolute Gasteiger partial charge is 0.251 e. The first kappa shape index (κ1) is 19.9. The van der Waals surface area contributed by atoms with Crippen molar-refractivity contribution in [2.24, 2.45) is 0 Å². The zero-order valence-corrected chi connectivity index (χ0v) is 16.8. The van der Waals surface area contributed by atoms with E-state index in [4.69, 9.17) is 5.26 Å². The van der Waals surface area contributed by atoms with Gasteiger partial charge in [0.2, 0.25) is 0 Å². The van der Waals surface area contributed by atoms with Crippen LogP contribution in [0, 0.1) is 11.3 Å². The van der Waals surface area contributed by atoms with Crippen molar-refractivity contribution in [2.45, 2.75) is 6.42 Å². The molecule has 3 aromatic heterocycles. The number of carbonyl (C=O) groups is 1. The number of benzene rings is 1. The molecule has 4 rings (SSSR count). The molecule has 0 spiro atoms. The third-order valence-corrected chi connectivity index (χ3v) is 4.86. The number of hydrogen-bond donors (Lipinski definition) is 2. The van der Waals surface area contributed by atoms with E-state index in [-0.39, 0.29) is 5.91 Å². The van der Waals surface area contributed by atoms with Crippen LogP contribution in [-0.2, 0) is 6.42 Å². The second-order valence-corrected chi connectivity index (χ2v) is 6.79. The minimum absolute atomic E-state index is 0.133.